The quantitative estimate of drug-likeness (QED) is 0.583. The van der Waals surface area contributed by atoms with E-state index in [2.05, 4.69) is 10.1 Å². The summed E-state index contributed by atoms with van der Waals surface area (Å²) in [5, 5.41) is 18.8. The third-order valence-corrected chi connectivity index (χ3v) is 2.29. The fraction of sp³-hybridized carbons (Fsp3) is 0.0833. The van der Waals surface area contributed by atoms with E-state index in [1.807, 2.05) is 18.2 Å². The van der Waals surface area contributed by atoms with Gasteiger partial charge in [0.25, 0.3) is 0 Å². The van der Waals surface area contributed by atoms with Gasteiger partial charge in [0.2, 0.25) is 0 Å². The zero-order valence-electron chi connectivity index (χ0n) is 8.86. The van der Waals surface area contributed by atoms with Gasteiger partial charge in [0.1, 0.15) is 11.9 Å². The molecule has 0 saturated heterocycles. The number of fused-ring (bicyclic) bond motifs is 1. The largest absolute Gasteiger partial charge is 0.447 e. The van der Waals surface area contributed by atoms with Gasteiger partial charge in [0.05, 0.1) is 5.70 Å². The number of benzene rings is 1. The minimum atomic E-state index is -0.599. The number of hydrogen-bond donors (Lipinski definition) is 2. The Morgan fingerprint density at radius 3 is 2.88 bits per heavy atom. The summed E-state index contributed by atoms with van der Waals surface area (Å²) in [5.41, 5.74) is 2.05. The molecular weight excluding hydrogens is 218 g/mol. The van der Waals surface area contributed by atoms with Crippen LogP contribution in [0.3, 0.4) is 0 Å². The molecule has 0 aliphatic carbocycles. The molecule has 1 heterocycles. The van der Waals surface area contributed by atoms with Crippen LogP contribution in [0, 0.1) is 16.7 Å². The molecule has 2 N–H and O–H groups in total. The van der Waals surface area contributed by atoms with Crippen molar-refractivity contribution in [3.8, 4) is 6.07 Å². The summed E-state index contributed by atoms with van der Waals surface area (Å²) in [6.07, 6.45) is 1.25. The van der Waals surface area contributed by atoms with Crippen molar-refractivity contribution in [1.82, 2.24) is 5.32 Å². The molecule has 0 unspecified atom stereocenters. The van der Waals surface area contributed by atoms with E-state index in [9.17, 15) is 4.79 Å². The summed E-state index contributed by atoms with van der Waals surface area (Å²) in [6.45, 7) is -0.276. The molecular formula is C12H9N3O2. The highest BCUT2D eigenvalue weighted by Crippen LogP contribution is 2.23. The highest BCUT2D eigenvalue weighted by atomic mass is 16.5. The maximum Gasteiger partial charge on any atom is 0.333 e. The number of carbonyl (C=O) groups is 1. The lowest BCUT2D eigenvalue weighted by atomic mass is 10.1. The van der Waals surface area contributed by atoms with Crippen LogP contribution in [-0.2, 0) is 9.53 Å². The lowest BCUT2D eigenvalue weighted by Crippen LogP contribution is -2.13. The van der Waals surface area contributed by atoms with Crippen LogP contribution in [0.4, 0.5) is 0 Å². The highest BCUT2D eigenvalue weighted by Gasteiger charge is 2.20. The van der Waals surface area contributed by atoms with Crippen LogP contribution < -0.4 is 5.32 Å². The number of rotatable bonds is 2. The zero-order chi connectivity index (χ0) is 12.3. The number of nitriles is 1. The Morgan fingerprint density at radius 1 is 1.47 bits per heavy atom. The van der Waals surface area contributed by atoms with Crippen molar-refractivity contribution in [2.75, 3.05) is 6.61 Å². The average molecular weight is 227 g/mol. The Morgan fingerprint density at radius 2 is 2.18 bits per heavy atom. The summed E-state index contributed by atoms with van der Waals surface area (Å²) in [4.78, 5) is 11.3. The van der Waals surface area contributed by atoms with Crippen LogP contribution in [-0.4, -0.2) is 18.4 Å². The molecule has 0 atom stereocenters. The first-order valence-corrected chi connectivity index (χ1v) is 4.93. The van der Waals surface area contributed by atoms with Crippen molar-refractivity contribution >= 4 is 17.5 Å². The van der Waals surface area contributed by atoms with Gasteiger partial charge in [-0.2, -0.15) is 5.26 Å². The Balaban J connectivity index is 2.26. The molecule has 0 amide bonds. The number of carbonyl (C=O) groups excluding carboxylic acids is 1. The van der Waals surface area contributed by atoms with Crippen molar-refractivity contribution < 1.29 is 9.53 Å². The van der Waals surface area contributed by atoms with Crippen LogP contribution >= 0.6 is 0 Å². The Kier molecular flexibility index (Phi) is 2.88. The molecule has 5 nitrogen and oxygen atoms in total. The van der Waals surface area contributed by atoms with Crippen LogP contribution in [0.5, 0.6) is 0 Å². The number of nitrogens with zero attached hydrogens (tertiary/aromatic N) is 1. The van der Waals surface area contributed by atoms with E-state index in [-0.39, 0.29) is 12.4 Å². The third-order valence-electron chi connectivity index (χ3n) is 2.29. The summed E-state index contributed by atoms with van der Waals surface area (Å²) in [5.74, 6) is -0.349. The third kappa shape index (κ3) is 2.16. The molecule has 84 valence electrons. The lowest BCUT2D eigenvalue weighted by Gasteiger charge is -1.99. The number of hydrogen-bond acceptors (Lipinski definition) is 4. The molecule has 1 aliphatic heterocycles. The molecule has 1 aromatic carbocycles. The summed E-state index contributed by atoms with van der Waals surface area (Å²) in [7, 11) is 0. The van der Waals surface area contributed by atoms with Crippen molar-refractivity contribution in [1.29, 1.82) is 10.7 Å². The topological polar surface area (TPSA) is 86.0 Å². The molecule has 0 spiro atoms. The first-order chi connectivity index (χ1) is 8.22. The Bertz CT molecular complexity index is 555. The van der Waals surface area contributed by atoms with E-state index < -0.39 is 5.97 Å². The summed E-state index contributed by atoms with van der Waals surface area (Å²) < 4.78 is 4.62. The molecule has 1 aromatic rings. The van der Waals surface area contributed by atoms with Gasteiger partial charge >= 0.3 is 5.97 Å². The van der Waals surface area contributed by atoms with Crippen LogP contribution in [0.15, 0.2) is 30.3 Å². The van der Waals surface area contributed by atoms with Crippen LogP contribution in [0.25, 0.3) is 5.70 Å². The number of amidine groups is 1. The first-order valence-electron chi connectivity index (χ1n) is 4.93. The molecule has 5 heteroatoms. The number of nitrogens with one attached hydrogen (secondary N) is 2. The standard InChI is InChI=1S/C12H9N3O2/c13-5-6-17-11(16)7-10-8-3-1-2-4-9(8)12(14)15-10/h1-4,7H,6H2,(H2,14,15)/b10-7+. The smallest absolute Gasteiger partial charge is 0.333 e. The minimum absolute atomic E-state index is 0.250. The monoisotopic (exact) mass is 227 g/mol. The summed E-state index contributed by atoms with van der Waals surface area (Å²) in [6, 6.07) is 8.98. The fourth-order valence-corrected chi connectivity index (χ4v) is 1.58. The Hall–Kier alpha value is -2.61. The fourth-order valence-electron chi connectivity index (χ4n) is 1.58. The van der Waals surface area contributed by atoms with E-state index in [4.69, 9.17) is 10.7 Å². The Labute approximate surface area is 97.8 Å². The van der Waals surface area contributed by atoms with E-state index in [0.717, 1.165) is 11.1 Å². The van der Waals surface area contributed by atoms with Crippen LogP contribution in [0.1, 0.15) is 11.1 Å². The number of esters is 1. The van der Waals surface area contributed by atoms with Gasteiger partial charge in [0.15, 0.2) is 6.61 Å². The SMILES string of the molecule is N#CCOC(=O)/C=C1/NC(=N)c2ccccc21. The van der Waals surface area contributed by atoms with Crippen molar-refractivity contribution in [2.24, 2.45) is 0 Å². The average Bonchev–Trinajstić information content (AvgIpc) is 2.65. The zero-order valence-corrected chi connectivity index (χ0v) is 8.86. The van der Waals surface area contributed by atoms with Gasteiger partial charge in [-0.1, -0.05) is 24.3 Å². The van der Waals surface area contributed by atoms with Gasteiger partial charge in [-0.3, -0.25) is 5.41 Å². The maximum atomic E-state index is 11.3. The molecule has 17 heavy (non-hydrogen) atoms. The first kappa shape index (κ1) is 10.9. The molecule has 0 bridgehead atoms. The molecule has 0 fully saturated rings. The van der Waals surface area contributed by atoms with Gasteiger partial charge in [-0.25, -0.2) is 4.79 Å². The second-order valence-corrected chi connectivity index (χ2v) is 3.37. The molecule has 0 saturated carbocycles. The second kappa shape index (κ2) is 4.49. The molecule has 1 aliphatic rings. The molecule has 0 radical (unpaired) electrons. The van der Waals surface area contributed by atoms with E-state index in [1.54, 1.807) is 12.1 Å². The van der Waals surface area contributed by atoms with Gasteiger partial charge in [-0.15, -0.1) is 0 Å². The van der Waals surface area contributed by atoms with Gasteiger partial charge < -0.3 is 10.1 Å². The van der Waals surface area contributed by atoms with Crippen LogP contribution in [0.2, 0.25) is 0 Å². The van der Waals surface area contributed by atoms with Crippen molar-refractivity contribution in [3.05, 3.63) is 41.5 Å². The minimum Gasteiger partial charge on any atom is -0.447 e. The second-order valence-electron chi connectivity index (χ2n) is 3.37. The number of ether oxygens (including phenoxy) is 1. The predicted octanol–water partition coefficient (Wildman–Crippen LogP) is 1.02. The van der Waals surface area contributed by atoms with E-state index >= 15 is 0 Å². The van der Waals surface area contributed by atoms with E-state index in [1.165, 1.54) is 6.08 Å². The lowest BCUT2D eigenvalue weighted by molar-refractivity contribution is -0.136. The van der Waals surface area contributed by atoms with Gasteiger partial charge in [0, 0.05) is 17.2 Å². The van der Waals surface area contributed by atoms with Gasteiger partial charge in [-0.05, 0) is 0 Å². The highest BCUT2D eigenvalue weighted by molar-refractivity contribution is 6.12. The normalized spacial score (nSPS) is 15.0. The molecule has 0 aromatic heterocycles. The van der Waals surface area contributed by atoms with Crippen molar-refractivity contribution in [2.45, 2.75) is 0 Å². The molecule has 2 rings (SSSR count). The van der Waals surface area contributed by atoms with Crippen molar-refractivity contribution in [3.63, 3.8) is 0 Å². The van der Waals surface area contributed by atoms with E-state index in [0.29, 0.717) is 5.70 Å². The predicted molar refractivity (Wildman–Crippen MR) is 61.0 cm³/mol. The summed E-state index contributed by atoms with van der Waals surface area (Å²) >= 11 is 0. The maximum absolute atomic E-state index is 11.3.